The van der Waals surface area contributed by atoms with Crippen LogP contribution in [0.5, 0.6) is 0 Å². The number of carbonyl (C=O) groups is 2. The van der Waals surface area contributed by atoms with E-state index < -0.39 is 21.7 Å². The van der Waals surface area contributed by atoms with Crippen molar-refractivity contribution in [2.75, 3.05) is 31.3 Å². The first-order chi connectivity index (χ1) is 13.7. The van der Waals surface area contributed by atoms with Gasteiger partial charge in [0.25, 0.3) is 5.91 Å². The highest BCUT2D eigenvalue weighted by atomic mass is 32.2. The van der Waals surface area contributed by atoms with E-state index in [1.54, 1.807) is 13.0 Å². The number of nitrogens with zero attached hydrogens (tertiary/aromatic N) is 1. The summed E-state index contributed by atoms with van der Waals surface area (Å²) in [7, 11) is -3.43. The maximum atomic E-state index is 12.8. The van der Waals surface area contributed by atoms with Gasteiger partial charge in [-0.3, -0.25) is 9.69 Å². The van der Waals surface area contributed by atoms with Crippen LogP contribution in [0, 0.1) is 0 Å². The minimum absolute atomic E-state index is 0.0693. The number of nitrogens with one attached hydrogen (secondary N) is 1. The largest absolute Gasteiger partial charge is 0.462 e. The lowest BCUT2D eigenvalue weighted by atomic mass is 10.0. The number of thiophene rings is 1. The summed E-state index contributed by atoms with van der Waals surface area (Å²) in [4.78, 5) is 28.8. The molecule has 29 heavy (non-hydrogen) atoms. The average Bonchev–Trinajstić information content (AvgIpc) is 3.04. The quantitative estimate of drug-likeness (QED) is 0.700. The van der Waals surface area contributed by atoms with Crippen LogP contribution in [0.25, 0.3) is 0 Å². The average molecular weight is 437 g/mol. The number of rotatable bonds is 6. The highest BCUT2D eigenvalue weighted by Crippen LogP contribution is 2.38. The number of anilines is 1. The van der Waals surface area contributed by atoms with Crippen LogP contribution in [0.3, 0.4) is 0 Å². The molecule has 0 bridgehead atoms. The molecule has 1 aromatic carbocycles. The van der Waals surface area contributed by atoms with Gasteiger partial charge < -0.3 is 10.1 Å². The second-order valence-electron chi connectivity index (χ2n) is 6.80. The smallest absolute Gasteiger partial charge is 0.341 e. The molecule has 0 unspecified atom stereocenters. The molecule has 1 amide bonds. The summed E-state index contributed by atoms with van der Waals surface area (Å²) in [6.07, 6.45) is 1.81. The van der Waals surface area contributed by atoms with E-state index in [0.29, 0.717) is 17.0 Å². The molecule has 0 aliphatic carbocycles. The Morgan fingerprint density at radius 1 is 1.28 bits per heavy atom. The Kier molecular flexibility index (Phi) is 6.40. The lowest BCUT2D eigenvalue weighted by Crippen LogP contribution is -2.30. The molecule has 0 saturated carbocycles. The van der Waals surface area contributed by atoms with Gasteiger partial charge in [0.2, 0.25) is 0 Å². The standard InChI is InChI=1S/C20H24N2O5S2/c1-4-22-10-9-15-16(12-22)28-19(17(15)20(24)27-5-2)21-18(23)13-7-6-8-14(11-13)29(3,25)26/h6-8,11H,4-5,9-10,12H2,1-3H3,(H,21,23). The van der Waals surface area contributed by atoms with Gasteiger partial charge in [0.05, 0.1) is 17.1 Å². The molecule has 1 aromatic heterocycles. The molecule has 9 heteroatoms. The molecule has 3 rings (SSSR count). The molecule has 7 nitrogen and oxygen atoms in total. The van der Waals surface area contributed by atoms with Crippen LogP contribution in [0.1, 0.15) is 45.0 Å². The predicted molar refractivity (Wildman–Crippen MR) is 112 cm³/mol. The van der Waals surface area contributed by atoms with Gasteiger partial charge >= 0.3 is 5.97 Å². The number of amides is 1. The molecule has 0 saturated heterocycles. The van der Waals surface area contributed by atoms with Crippen molar-refractivity contribution in [1.82, 2.24) is 4.90 Å². The molecular weight excluding hydrogens is 412 g/mol. The Bertz CT molecular complexity index is 1040. The van der Waals surface area contributed by atoms with E-state index in [4.69, 9.17) is 4.74 Å². The number of ether oxygens (including phenoxy) is 1. The van der Waals surface area contributed by atoms with Crippen molar-refractivity contribution in [2.24, 2.45) is 0 Å². The maximum absolute atomic E-state index is 12.8. The van der Waals surface area contributed by atoms with Gasteiger partial charge in [-0.1, -0.05) is 13.0 Å². The molecule has 2 aromatic rings. The Morgan fingerprint density at radius 3 is 2.69 bits per heavy atom. The monoisotopic (exact) mass is 436 g/mol. The summed E-state index contributed by atoms with van der Waals surface area (Å²) >= 11 is 1.38. The number of carbonyl (C=O) groups excluding carboxylic acids is 2. The van der Waals surface area contributed by atoms with E-state index in [-0.39, 0.29) is 17.1 Å². The van der Waals surface area contributed by atoms with Gasteiger partial charge in [0.15, 0.2) is 9.84 Å². The lowest BCUT2D eigenvalue weighted by molar-refractivity contribution is 0.0526. The van der Waals surface area contributed by atoms with Crippen molar-refractivity contribution in [3.05, 3.63) is 45.8 Å². The van der Waals surface area contributed by atoms with Gasteiger partial charge in [0.1, 0.15) is 5.00 Å². The molecule has 0 fully saturated rings. The SMILES string of the molecule is CCOC(=O)c1c(NC(=O)c2cccc(S(C)(=O)=O)c2)sc2c1CCN(CC)C2. The van der Waals surface area contributed by atoms with Crippen LogP contribution >= 0.6 is 11.3 Å². The number of fused-ring (bicyclic) bond motifs is 1. The zero-order valence-corrected chi connectivity index (χ0v) is 18.3. The summed E-state index contributed by atoms with van der Waals surface area (Å²) in [6.45, 7) is 6.55. The molecule has 1 aliphatic heterocycles. The van der Waals surface area contributed by atoms with Crippen molar-refractivity contribution in [3.8, 4) is 0 Å². The highest BCUT2D eigenvalue weighted by Gasteiger charge is 2.29. The van der Waals surface area contributed by atoms with Crippen LogP contribution in [-0.2, 0) is 27.5 Å². The summed E-state index contributed by atoms with van der Waals surface area (Å²) in [5.74, 6) is -0.915. The minimum atomic E-state index is -3.43. The van der Waals surface area contributed by atoms with Crippen LogP contribution in [0.2, 0.25) is 0 Å². The lowest BCUT2D eigenvalue weighted by Gasteiger charge is -2.25. The Hall–Kier alpha value is -2.23. The molecule has 0 spiro atoms. The van der Waals surface area contributed by atoms with E-state index in [9.17, 15) is 18.0 Å². The molecular formula is C20H24N2O5S2. The van der Waals surface area contributed by atoms with Gasteiger partial charge in [-0.15, -0.1) is 11.3 Å². The molecule has 0 radical (unpaired) electrons. The van der Waals surface area contributed by atoms with E-state index in [2.05, 4.69) is 17.1 Å². The zero-order chi connectivity index (χ0) is 21.2. The van der Waals surface area contributed by atoms with E-state index in [0.717, 1.165) is 36.3 Å². The fourth-order valence-corrected chi connectivity index (χ4v) is 5.22. The number of sulfone groups is 1. The van der Waals surface area contributed by atoms with Crippen molar-refractivity contribution < 1.29 is 22.7 Å². The van der Waals surface area contributed by atoms with E-state index in [1.807, 2.05) is 0 Å². The van der Waals surface area contributed by atoms with Crippen LogP contribution in [-0.4, -0.2) is 51.1 Å². The van der Waals surface area contributed by atoms with E-state index >= 15 is 0 Å². The zero-order valence-electron chi connectivity index (χ0n) is 16.6. The molecule has 1 aliphatic rings. The van der Waals surface area contributed by atoms with Crippen LogP contribution in [0.15, 0.2) is 29.2 Å². The second kappa shape index (κ2) is 8.64. The van der Waals surface area contributed by atoms with Gasteiger partial charge in [-0.25, -0.2) is 13.2 Å². The topological polar surface area (TPSA) is 92.8 Å². The first-order valence-corrected chi connectivity index (χ1v) is 12.1. The number of likely N-dealkylation sites (N-methyl/N-ethyl adjacent to an activating group) is 1. The Morgan fingerprint density at radius 2 is 2.03 bits per heavy atom. The molecule has 1 N–H and O–H groups in total. The molecule has 0 atom stereocenters. The van der Waals surface area contributed by atoms with Gasteiger partial charge in [0, 0.05) is 29.8 Å². The van der Waals surface area contributed by atoms with Crippen LogP contribution in [0.4, 0.5) is 5.00 Å². The number of benzene rings is 1. The number of esters is 1. The van der Waals surface area contributed by atoms with E-state index in [1.165, 1.54) is 29.5 Å². The number of hydrogen-bond acceptors (Lipinski definition) is 7. The fourth-order valence-electron chi connectivity index (χ4n) is 3.28. The van der Waals surface area contributed by atoms with Crippen molar-refractivity contribution in [2.45, 2.75) is 31.7 Å². The third-order valence-corrected chi connectivity index (χ3v) is 7.06. The Labute approximate surface area is 174 Å². The maximum Gasteiger partial charge on any atom is 0.341 e. The van der Waals surface area contributed by atoms with Crippen molar-refractivity contribution >= 4 is 38.1 Å². The first-order valence-electron chi connectivity index (χ1n) is 9.40. The summed E-state index contributed by atoms with van der Waals surface area (Å²) in [5, 5.41) is 3.25. The van der Waals surface area contributed by atoms with Crippen LogP contribution < -0.4 is 5.32 Å². The molecule has 156 valence electrons. The van der Waals surface area contributed by atoms with Crippen molar-refractivity contribution in [3.63, 3.8) is 0 Å². The third kappa shape index (κ3) is 4.68. The summed E-state index contributed by atoms with van der Waals surface area (Å²) in [5.41, 5.74) is 1.55. The highest BCUT2D eigenvalue weighted by molar-refractivity contribution is 7.90. The summed E-state index contributed by atoms with van der Waals surface area (Å²) in [6, 6.07) is 5.84. The summed E-state index contributed by atoms with van der Waals surface area (Å²) < 4.78 is 28.8. The van der Waals surface area contributed by atoms with Gasteiger partial charge in [-0.05, 0) is 43.7 Å². The second-order valence-corrected chi connectivity index (χ2v) is 9.92. The minimum Gasteiger partial charge on any atom is -0.462 e. The van der Waals surface area contributed by atoms with Crippen molar-refractivity contribution in [1.29, 1.82) is 0 Å². The van der Waals surface area contributed by atoms with Gasteiger partial charge in [-0.2, -0.15) is 0 Å². The first kappa shape index (κ1) is 21.5. The number of hydrogen-bond donors (Lipinski definition) is 1. The normalized spacial score (nSPS) is 14.3. The Balaban J connectivity index is 1.95. The predicted octanol–water partition coefficient (Wildman–Crippen LogP) is 2.96. The third-order valence-electron chi connectivity index (χ3n) is 4.81. The fraction of sp³-hybridized carbons (Fsp3) is 0.400. The molecule has 2 heterocycles.